The molecule has 2 fully saturated rings. The van der Waals surface area contributed by atoms with Crippen molar-refractivity contribution in [3.8, 4) is 0 Å². The van der Waals surface area contributed by atoms with Gasteiger partial charge in [-0.1, -0.05) is 12.1 Å². The number of carbonyl (C=O) groups is 1. The van der Waals surface area contributed by atoms with Crippen LogP contribution in [-0.2, 0) is 16.1 Å². The molecule has 2 heterocycles. The summed E-state index contributed by atoms with van der Waals surface area (Å²) in [5.41, 5.74) is -0.313. The van der Waals surface area contributed by atoms with E-state index in [1.165, 1.54) is 4.57 Å². The molecule has 4 rings (SSSR count). The van der Waals surface area contributed by atoms with E-state index in [1.54, 1.807) is 24.3 Å². The average Bonchev–Trinajstić information content (AvgIpc) is 3.10. The molecule has 132 valence electrons. The Kier molecular flexibility index (Phi) is 4.17. The van der Waals surface area contributed by atoms with E-state index in [0.29, 0.717) is 24.1 Å². The van der Waals surface area contributed by atoms with Gasteiger partial charge >= 0.3 is 5.69 Å². The first kappa shape index (κ1) is 16.1. The summed E-state index contributed by atoms with van der Waals surface area (Å²) in [6, 6.07) is 7.12. The molecule has 2 aromatic rings. The zero-order valence-corrected chi connectivity index (χ0v) is 13.9. The number of aryl methyl sites for hydroxylation is 1. The van der Waals surface area contributed by atoms with Crippen LogP contribution in [0.2, 0.25) is 0 Å². The van der Waals surface area contributed by atoms with Gasteiger partial charge in [-0.3, -0.25) is 19.1 Å². The van der Waals surface area contributed by atoms with E-state index in [-0.39, 0.29) is 31.0 Å². The van der Waals surface area contributed by atoms with E-state index in [4.69, 9.17) is 4.74 Å². The molecule has 0 bridgehead atoms. The normalized spacial score (nSPS) is 23.0. The Labute approximate surface area is 144 Å². The Morgan fingerprint density at radius 1 is 1.24 bits per heavy atom. The molecule has 1 amide bonds. The topological polar surface area (TPSA) is 84.4 Å². The monoisotopic (exact) mass is 343 g/mol. The number of nitrogens with zero attached hydrogens (tertiary/aromatic N) is 2. The minimum absolute atomic E-state index is 0.0439. The Bertz CT molecular complexity index is 916. The van der Waals surface area contributed by atoms with Gasteiger partial charge in [-0.05, 0) is 31.4 Å². The molecule has 1 aliphatic carbocycles. The van der Waals surface area contributed by atoms with Gasteiger partial charge in [-0.2, -0.15) is 0 Å². The molecule has 7 nitrogen and oxygen atoms in total. The number of ether oxygens (including phenoxy) is 1. The van der Waals surface area contributed by atoms with E-state index < -0.39 is 11.2 Å². The number of fused-ring (bicyclic) bond motifs is 2. The maximum absolute atomic E-state index is 12.7. The number of aromatic nitrogens is 2. The molecular weight excluding hydrogens is 322 g/mol. The van der Waals surface area contributed by atoms with Gasteiger partial charge in [0.15, 0.2) is 0 Å². The first-order valence-corrected chi connectivity index (χ1v) is 8.78. The Hall–Kier alpha value is -2.41. The second kappa shape index (κ2) is 6.48. The fourth-order valence-electron chi connectivity index (χ4n) is 4.05. The number of aromatic amines is 1. The number of carbonyl (C=O) groups excluding carboxylic acids is 1. The smallest absolute Gasteiger partial charge is 0.328 e. The number of benzene rings is 1. The molecule has 0 spiro atoms. The average molecular weight is 343 g/mol. The fraction of sp³-hybridized carbons (Fsp3) is 0.500. The molecule has 7 heteroatoms. The molecule has 25 heavy (non-hydrogen) atoms. The molecular formula is C18H21N3O4. The van der Waals surface area contributed by atoms with Crippen molar-refractivity contribution in [2.24, 2.45) is 0 Å². The summed E-state index contributed by atoms with van der Waals surface area (Å²) in [6.45, 7) is 1.44. The van der Waals surface area contributed by atoms with Gasteiger partial charge in [-0.15, -0.1) is 0 Å². The Morgan fingerprint density at radius 3 is 2.96 bits per heavy atom. The van der Waals surface area contributed by atoms with Crippen LogP contribution in [0.3, 0.4) is 0 Å². The van der Waals surface area contributed by atoms with Gasteiger partial charge in [0.2, 0.25) is 5.91 Å². The molecule has 1 N–H and O–H groups in total. The summed E-state index contributed by atoms with van der Waals surface area (Å²) >= 11 is 0. The first-order valence-electron chi connectivity index (χ1n) is 8.78. The number of hydrogen-bond acceptors (Lipinski definition) is 4. The van der Waals surface area contributed by atoms with Gasteiger partial charge < -0.3 is 9.64 Å². The zero-order valence-electron chi connectivity index (χ0n) is 13.9. The highest BCUT2D eigenvalue weighted by molar-refractivity contribution is 5.79. The lowest BCUT2D eigenvalue weighted by Gasteiger charge is -2.37. The van der Waals surface area contributed by atoms with Crippen LogP contribution >= 0.6 is 0 Å². The molecule has 2 unspecified atom stereocenters. The van der Waals surface area contributed by atoms with Crippen LogP contribution < -0.4 is 11.2 Å². The highest BCUT2D eigenvalue weighted by atomic mass is 16.5. The van der Waals surface area contributed by atoms with E-state index in [1.807, 2.05) is 4.90 Å². The summed E-state index contributed by atoms with van der Waals surface area (Å²) in [4.78, 5) is 41.0. The van der Waals surface area contributed by atoms with Crippen molar-refractivity contribution in [3.63, 3.8) is 0 Å². The standard InChI is InChI=1S/C18H21N3O4/c22-16(20-10-11-25-15-7-3-6-14(15)20)8-9-21-13-5-2-1-4-12(13)17(23)19-18(21)24/h1-2,4-5,14-15H,3,6-11H2,(H,19,23,24). The van der Waals surface area contributed by atoms with Crippen LogP contribution in [0.4, 0.5) is 0 Å². The number of morpholine rings is 1. The second-order valence-corrected chi connectivity index (χ2v) is 6.67. The lowest BCUT2D eigenvalue weighted by molar-refractivity contribution is -0.144. The predicted octanol–water partition coefficient (Wildman–Crippen LogP) is 0.860. The van der Waals surface area contributed by atoms with Gasteiger partial charge in [0.25, 0.3) is 5.56 Å². The molecule has 1 saturated heterocycles. The first-order chi connectivity index (χ1) is 12.1. The van der Waals surface area contributed by atoms with E-state index in [9.17, 15) is 14.4 Å². The fourth-order valence-corrected chi connectivity index (χ4v) is 4.05. The third-order valence-corrected chi connectivity index (χ3v) is 5.26. The highest BCUT2D eigenvalue weighted by Crippen LogP contribution is 2.30. The summed E-state index contributed by atoms with van der Waals surface area (Å²) in [5.74, 6) is 0.0439. The second-order valence-electron chi connectivity index (χ2n) is 6.67. The molecule has 2 aliphatic rings. The summed E-state index contributed by atoms with van der Waals surface area (Å²) < 4.78 is 7.22. The predicted molar refractivity (Wildman–Crippen MR) is 92.5 cm³/mol. The van der Waals surface area contributed by atoms with Crippen molar-refractivity contribution in [1.29, 1.82) is 0 Å². The van der Waals surface area contributed by atoms with Crippen LogP contribution in [0.15, 0.2) is 33.9 Å². The summed E-state index contributed by atoms with van der Waals surface area (Å²) in [7, 11) is 0. The van der Waals surface area contributed by atoms with Crippen LogP contribution in [0.5, 0.6) is 0 Å². The molecule has 1 saturated carbocycles. The largest absolute Gasteiger partial charge is 0.374 e. The van der Waals surface area contributed by atoms with Crippen LogP contribution in [0, 0.1) is 0 Å². The van der Waals surface area contributed by atoms with Crippen LogP contribution in [0.25, 0.3) is 10.9 Å². The minimum Gasteiger partial charge on any atom is -0.374 e. The number of hydrogen-bond donors (Lipinski definition) is 1. The maximum atomic E-state index is 12.7. The minimum atomic E-state index is -0.475. The Morgan fingerprint density at radius 2 is 2.08 bits per heavy atom. The van der Waals surface area contributed by atoms with Crippen LogP contribution in [0.1, 0.15) is 25.7 Å². The quantitative estimate of drug-likeness (QED) is 0.896. The van der Waals surface area contributed by atoms with E-state index >= 15 is 0 Å². The van der Waals surface area contributed by atoms with Gasteiger partial charge in [0.1, 0.15) is 0 Å². The zero-order chi connectivity index (χ0) is 17.4. The molecule has 1 aliphatic heterocycles. The molecule has 1 aromatic heterocycles. The van der Waals surface area contributed by atoms with Crippen molar-refractivity contribution in [2.45, 2.75) is 44.4 Å². The number of para-hydroxylation sites is 1. The maximum Gasteiger partial charge on any atom is 0.328 e. The number of rotatable bonds is 3. The van der Waals surface area contributed by atoms with Crippen molar-refractivity contribution < 1.29 is 9.53 Å². The van der Waals surface area contributed by atoms with E-state index in [2.05, 4.69) is 4.98 Å². The van der Waals surface area contributed by atoms with Gasteiger partial charge in [0.05, 0.1) is 29.7 Å². The SMILES string of the molecule is O=C(CCn1c(=O)[nH]c(=O)c2ccccc21)N1CCOC2CCCC21. The van der Waals surface area contributed by atoms with E-state index in [0.717, 1.165) is 19.3 Å². The lowest BCUT2D eigenvalue weighted by Crippen LogP contribution is -2.51. The molecule has 2 atom stereocenters. The third-order valence-electron chi connectivity index (χ3n) is 5.26. The van der Waals surface area contributed by atoms with Gasteiger partial charge in [-0.25, -0.2) is 4.79 Å². The van der Waals surface area contributed by atoms with Gasteiger partial charge in [0, 0.05) is 19.5 Å². The number of amides is 1. The lowest BCUT2D eigenvalue weighted by atomic mass is 10.1. The number of nitrogens with one attached hydrogen (secondary N) is 1. The van der Waals surface area contributed by atoms with Crippen molar-refractivity contribution >= 4 is 16.8 Å². The molecule has 0 radical (unpaired) electrons. The highest BCUT2D eigenvalue weighted by Gasteiger charge is 2.38. The summed E-state index contributed by atoms with van der Waals surface area (Å²) in [5, 5.41) is 0.455. The van der Waals surface area contributed by atoms with Crippen molar-refractivity contribution in [2.75, 3.05) is 13.2 Å². The van der Waals surface area contributed by atoms with Crippen LogP contribution in [-0.4, -0.2) is 45.7 Å². The molecule has 1 aromatic carbocycles. The number of H-pyrrole nitrogens is 1. The van der Waals surface area contributed by atoms with Crippen molar-refractivity contribution in [3.05, 3.63) is 45.1 Å². The summed E-state index contributed by atoms with van der Waals surface area (Å²) in [6.07, 6.45) is 3.48. The Balaban J connectivity index is 1.55. The van der Waals surface area contributed by atoms with Crippen molar-refractivity contribution in [1.82, 2.24) is 14.5 Å². The third kappa shape index (κ3) is 2.89.